The van der Waals surface area contributed by atoms with Crippen molar-refractivity contribution in [2.45, 2.75) is 0 Å². The number of nitrogens with zero attached hydrogens (tertiary/aromatic N) is 3. The summed E-state index contributed by atoms with van der Waals surface area (Å²) in [6, 6.07) is 6.15. The Hall–Kier alpha value is -2.15. The summed E-state index contributed by atoms with van der Waals surface area (Å²) < 4.78 is 14.8. The summed E-state index contributed by atoms with van der Waals surface area (Å²) in [7, 11) is 0. The van der Waals surface area contributed by atoms with Gasteiger partial charge in [-0.15, -0.1) is 0 Å². The number of imidazole rings is 1. The van der Waals surface area contributed by atoms with E-state index in [-0.39, 0.29) is 5.82 Å². The first-order valence-corrected chi connectivity index (χ1v) is 3.99. The number of halogens is 1. The maximum Gasteiger partial charge on any atom is 0.147 e. The second kappa shape index (κ2) is 3.30. The zero-order valence-electron chi connectivity index (χ0n) is 7.18. The zero-order valence-corrected chi connectivity index (χ0v) is 7.18. The first kappa shape index (κ1) is 8.45. The molecule has 4 heteroatoms. The Labute approximate surface area is 80.1 Å². The Balaban J connectivity index is 2.58. The second-order valence-electron chi connectivity index (χ2n) is 2.75. The molecule has 0 fully saturated rings. The lowest BCUT2D eigenvalue weighted by Gasteiger charge is -2.03. The molecular formula is C10H6FN3. The van der Waals surface area contributed by atoms with Gasteiger partial charge in [-0.1, -0.05) is 0 Å². The molecule has 0 unspecified atom stereocenters. The molecule has 0 aliphatic heterocycles. The minimum atomic E-state index is -0.373. The van der Waals surface area contributed by atoms with Gasteiger partial charge in [-0.3, -0.25) is 0 Å². The van der Waals surface area contributed by atoms with Crippen LogP contribution in [0.5, 0.6) is 0 Å². The minimum Gasteiger partial charge on any atom is -0.303 e. The topological polar surface area (TPSA) is 41.6 Å². The van der Waals surface area contributed by atoms with Crippen LogP contribution < -0.4 is 0 Å². The van der Waals surface area contributed by atoms with E-state index in [0.29, 0.717) is 11.3 Å². The quantitative estimate of drug-likeness (QED) is 0.684. The van der Waals surface area contributed by atoms with Crippen LogP contribution in [0.4, 0.5) is 4.39 Å². The van der Waals surface area contributed by atoms with Crippen molar-refractivity contribution in [3.63, 3.8) is 0 Å². The molecule has 14 heavy (non-hydrogen) atoms. The van der Waals surface area contributed by atoms with E-state index in [1.807, 2.05) is 6.07 Å². The summed E-state index contributed by atoms with van der Waals surface area (Å²) >= 11 is 0. The van der Waals surface area contributed by atoms with E-state index < -0.39 is 0 Å². The van der Waals surface area contributed by atoms with Gasteiger partial charge in [-0.05, 0) is 18.2 Å². The van der Waals surface area contributed by atoms with Gasteiger partial charge in [0.15, 0.2) is 0 Å². The van der Waals surface area contributed by atoms with Gasteiger partial charge in [-0.2, -0.15) is 5.26 Å². The lowest BCUT2D eigenvalue weighted by molar-refractivity contribution is 0.618. The number of nitriles is 1. The van der Waals surface area contributed by atoms with Crippen LogP contribution >= 0.6 is 0 Å². The fourth-order valence-electron chi connectivity index (χ4n) is 1.18. The Morgan fingerprint density at radius 1 is 1.43 bits per heavy atom. The van der Waals surface area contributed by atoms with Gasteiger partial charge in [0.05, 0.1) is 23.6 Å². The highest BCUT2D eigenvalue weighted by molar-refractivity contribution is 5.42. The summed E-state index contributed by atoms with van der Waals surface area (Å²) in [5.74, 6) is -0.373. The molecule has 0 amide bonds. The van der Waals surface area contributed by atoms with Crippen molar-refractivity contribution in [1.82, 2.24) is 9.55 Å². The zero-order chi connectivity index (χ0) is 9.97. The average Bonchev–Trinajstić information content (AvgIpc) is 2.71. The van der Waals surface area contributed by atoms with Crippen molar-refractivity contribution in [1.29, 1.82) is 5.26 Å². The summed E-state index contributed by atoms with van der Waals surface area (Å²) in [6.45, 7) is 0. The van der Waals surface area contributed by atoms with E-state index in [1.54, 1.807) is 12.4 Å². The van der Waals surface area contributed by atoms with Gasteiger partial charge >= 0.3 is 0 Å². The molecule has 1 heterocycles. The molecule has 0 N–H and O–H groups in total. The van der Waals surface area contributed by atoms with Crippen molar-refractivity contribution in [3.05, 3.63) is 48.3 Å². The van der Waals surface area contributed by atoms with E-state index >= 15 is 0 Å². The number of aromatic nitrogens is 2. The Kier molecular flexibility index (Phi) is 1.99. The first-order chi connectivity index (χ1) is 6.81. The normalized spacial score (nSPS) is 9.71. The van der Waals surface area contributed by atoms with Crippen molar-refractivity contribution in [2.24, 2.45) is 0 Å². The van der Waals surface area contributed by atoms with E-state index in [1.165, 1.54) is 29.1 Å². The highest BCUT2D eigenvalue weighted by Crippen LogP contribution is 2.14. The molecule has 0 saturated carbocycles. The third kappa shape index (κ3) is 1.36. The van der Waals surface area contributed by atoms with E-state index in [4.69, 9.17) is 5.26 Å². The molecule has 68 valence electrons. The van der Waals surface area contributed by atoms with Crippen LogP contribution in [0.15, 0.2) is 36.9 Å². The summed E-state index contributed by atoms with van der Waals surface area (Å²) in [5, 5.41) is 8.65. The lowest BCUT2D eigenvalue weighted by atomic mass is 10.2. The average molecular weight is 187 g/mol. The molecule has 0 aliphatic rings. The molecule has 0 bridgehead atoms. The smallest absolute Gasteiger partial charge is 0.147 e. The van der Waals surface area contributed by atoms with Crippen LogP contribution in [0.2, 0.25) is 0 Å². The van der Waals surface area contributed by atoms with Crippen LogP contribution in [-0.2, 0) is 0 Å². The molecule has 0 radical (unpaired) electrons. The fourth-order valence-corrected chi connectivity index (χ4v) is 1.18. The maximum absolute atomic E-state index is 13.3. The van der Waals surface area contributed by atoms with Crippen LogP contribution in [0.25, 0.3) is 5.69 Å². The van der Waals surface area contributed by atoms with E-state index in [9.17, 15) is 4.39 Å². The summed E-state index contributed by atoms with van der Waals surface area (Å²) in [6.07, 6.45) is 4.66. The first-order valence-electron chi connectivity index (χ1n) is 3.99. The molecule has 0 saturated heterocycles. The number of hydrogen-bond acceptors (Lipinski definition) is 2. The van der Waals surface area contributed by atoms with Gasteiger partial charge in [-0.25, -0.2) is 9.37 Å². The minimum absolute atomic E-state index is 0.335. The van der Waals surface area contributed by atoms with Crippen molar-refractivity contribution < 1.29 is 4.39 Å². The Morgan fingerprint density at radius 2 is 2.29 bits per heavy atom. The van der Waals surface area contributed by atoms with Crippen LogP contribution in [0.1, 0.15) is 5.56 Å². The third-order valence-electron chi connectivity index (χ3n) is 1.86. The fraction of sp³-hybridized carbons (Fsp3) is 0. The summed E-state index contributed by atoms with van der Waals surface area (Å²) in [5.41, 5.74) is 0.761. The number of rotatable bonds is 1. The van der Waals surface area contributed by atoms with Crippen molar-refractivity contribution >= 4 is 0 Å². The maximum atomic E-state index is 13.3. The van der Waals surface area contributed by atoms with Crippen LogP contribution in [0, 0.1) is 17.1 Å². The number of hydrogen-bond donors (Lipinski definition) is 0. The number of benzene rings is 1. The standard InChI is InChI=1S/C10H6FN3/c11-9-2-1-8(6-12)5-10(9)14-4-3-13-7-14/h1-5,7H. The molecule has 2 aromatic rings. The van der Waals surface area contributed by atoms with Crippen LogP contribution in [0.3, 0.4) is 0 Å². The molecule has 1 aromatic carbocycles. The lowest BCUT2D eigenvalue weighted by Crippen LogP contribution is -1.95. The van der Waals surface area contributed by atoms with Crippen molar-refractivity contribution in [2.75, 3.05) is 0 Å². The predicted octanol–water partition coefficient (Wildman–Crippen LogP) is 1.88. The third-order valence-corrected chi connectivity index (χ3v) is 1.86. The van der Waals surface area contributed by atoms with Gasteiger partial charge < -0.3 is 4.57 Å². The molecule has 0 atom stereocenters. The SMILES string of the molecule is N#Cc1ccc(F)c(-n2ccnc2)c1. The molecule has 0 spiro atoms. The largest absolute Gasteiger partial charge is 0.303 e. The second-order valence-corrected chi connectivity index (χ2v) is 2.75. The molecular weight excluding hydrogens is 181 g/mol. The summed E-state index contributed by atoms with van der Waals surface area (Å²) in [4.78, 5) is 3.81. The van der Waals surface area contributed by atoms with Crippen LogP contribution in [-0.4, -0.2) is 9.55 Å². The molecule has 0 aliphatic carbocycles. The Morgan fingerprint density at radius 3 is 2.93 bits per heavy atom. The van der Waals surface area contributed by atoms with Crippen molar-refractivity contribution in [3.8, 4) is 11.8 Å². The highest BCUT2D eigenvalue weighted by Gasteiger charge is 2.04. The highest BCUT2D eigenvalue weighted by atomic mass is 19.1. The molecule has 3 nitrogen and oxygen atoms in total. The molecule has 1 aromatic heterocycles. The predicted molar refractivity (Wildman–Crippen MR) is 48.2 cm³/mol. The monoisotopic (exact) mass is 187 g/mol. The van der Waals surface area contributed by atoms with Gasteiger partial charge in [0.2, 0.25) is 0 Å². The molecule has 2 rings (SSSR count). The van der Waals surface area contributed by atoms with Gasteiger partial charge in [0, 0.05) is 12.4 Å². The van der Waals surface area contributed by atoms with E-state index in [2.05, 4.69) is 4.98 Å². The Bertz CT molecular complexity index is 483. The van der Waals surface area contributed by atoms with Gasteiger partial charge in [0.1, 0.15) is 5.82 Å². The van der Waals surface area contributed by atoms with Gasteiger partial charge in [0.25, 0.3) is 0 Å². The van der Waals surface area contributed by atoms with E-state index in [0.717, 1.165) is 0 Å².